The first kappa shape index (κ1) is 31.8. The van der Waals surface area contributed by atoms with Gasteiger partial charge in [-0.3, -0.25) is 0 Å². The van der Waals surface area contributed by atoms with Crippen molar-refractivity contribution in [2.45, 2.75) is 13.1 Å². The molecule has 3 heteroatoms. The average Bonchev–Trinajstić information content (AvgIpc) is 3.49. The highest BCUT2D eigenvalue weighted by Gasteiger charge is 2.42. The standard InChI is InChI=1S/C52H36N2Si/c1-55(2)50-40-21-7-6-14-33(40)26-29-46(50)48-49(34-15-4-3-5-16-34)53-51(54-52(48)55)39-20-13-19-37(31-39)35-17-12-18-36(30-35)38-27-28-45-43-24-9-8-22-41(43)42-23-10-11-25-44(42)47(45)32-38/h3-32H,1-2H3. The van der Waals surface area contributed by atoms with E-state index in [-0.39, 0.29) is 0 Å². The van der Waals surface area contributed by atoms with E-state index in [0.29, 0.717) is 0 Å². The van der Waals surface area contributed by atoms with E-state index >= 15 is 0 Å². The van der Waals surface area contributed by atoms with E-state index in [2.05, 4.69) is 195 Å². The van der Waals surface area contributed by atoms with E-state index < -0.39 is 8.07 Å². The molecule has 0 N–H and O–H groups in total. The van der Waals surface area contributed by atoms with Crippen molar-refractivity contribution >= 4 is 61.7 Å². The Balaban J connectivity index is 1.04. The SMILES string of the molecule is C[Si]1(C)c2nc(-c3cccc(-c4cccc(-c5ccc6c7ccccc7c7ccccc7c6c5)c4)c3)nc(-c3ccccc3)c2-c2ccc3ccccc3c21. The fourth-order valence-corrected chi connectivity index (χ4v) is 12.5. The molecule has 9 aromatic carbocycles. The fourth-order valence-electron chi connectivity index (χ4n) is 9.18. The highest BCUT2D eigenvalue weighted by atomic mass is 28.3. The van der Waals surface area contributed by atoms with E-state index in [1.165, 1.54) is 81.4 Å². The van der Waals surface area contributed by atoms with Crippen molar-refractivity contribution in [3.05, 3.63) is 182 Å². The summed E-state index contributed by atoms with van der Waals surface area (Å²) in [7, 11) is -2.20. The van der Waals surface area contributed by atoms with Crippen molar-refractivity contribution in [3.8, 4) is 56.0 Å². The molecule has 0 radical (unpaired) electrons. The molecule has 0 fully saturated rings. The lowest BCUT2D eigenvalue weighted by Crippen LogP contribution is -2.51. The maximum Gasteiger partial charge on any atom is 0.159 e. The van der Waals surface area contributed by atoms with E-state index in [0.717, 1.165) is 28.2 Å². The number of hydrogen-bond donors (Lipinski definition) is 0. The van der Waals surface area contributed by atoms with Crippen LogP contribution >= 0.6 is 0 Å². The van der Waals surface area contributed by atoms with Crippen LogP contribution in [0.1, 0.15) is 0 Å². The van der Waals surface area contributed by atoms with Crippen LogP contribution in [0.4, 0.5) is 0 Å². The Hall–Kier alpha value is -6.68. The molecule has 0 unspecified atom stereocenters. The maximum absolute atomic E-state index is 5.51. The lowest BCUT2D eigenvalue weighted by Gasteiger charge is -2.20. The second-order valence-electron chi connectivity index (χ2n) is 15.3. The van der Waals surface area contributed by atoms with Crippen LogP contribution in [0.25, 0.3) is 99.1 Å². The van der Waals surface area contributed by atoms with Crippen LogP contribution in [0.5, 0.6) is 0 Å². The highest BCUT2D eigenvalue weighted by Crippen LogP contribution is 2.40. The molecule has 0 aliphatic carbocycles. The third-order valence-corrected chi connectivity index (χ3v) is 15.1. The lowest BCUT2D eigenvalue weighted by atomic mass is 9.91. The zero-order chi connectivity index (χ0) is 36.7. The third-order valence-electron chi connectivity index (χ3n) is 11.8. The third kappa shape index (κ3) is 4.94. The van der Waals surface area contributed by atoms with Gasteiger partial charge in [-0.2, -0.15) is 0 Å². The average molecular weight is 717 g/mol. The van der Waals surface area contributed by atoms with Crippen molar-refractivity contribution in [2.75, 3.05) is 0 Å². The number of aromatic nitrogens is 2. The molecule has 10 aromatic rings. The molecule has 0 saturated carbocycles. The molecule has 0 atom stereocenters. The van der Waals surface area contributed by atoms with E-state index in [1.807, 2.05) is 0 Å². The number of rotatable bonds is 4. The first-order valence-corrected chi connectivity index (χ1v) is 22.1. The fraction of sp³-hybridized carbons (Fsp3) is 0.0385. The van der Waals surface area contributed by atoms with Gasteiger partial charge in [-0.1, -0.05) is 177 Å². The summed E-state index contributed by atoms with van der Waals surface area (Å²) >= 11 is 0. The molecule has 1 aliphatic heterocycles. The molecule has 2 nitrogen and oxygen atoms in total. The molecule has 0 saturated heterocycles. The molecule has 11 rings (SSSR count). The van der Waals surface area contributed by atoms with E-state index in [4.69, 9.17) is 9.97 Å². The summed E-state index contributed by atoms with van der Waals surface area (Å²) in [6.45, 7) is 4.91. The predicted octanol–water partition coefficient (Wildman–Crippen LogP) is 12.6. The van der Waals surface area contributed by atoms with Crippen molar-refractivity contribution in [3.63, 3.8) is 0 Å². The van der Waals surface area contributed by atoms with Crippen LogP contribution in [0.3, 0.4) is 0 Å². The minimum atomic E-state index is -2.20. The summed E-state index contributed by atoms with van der Waals surface area (Å²) in [6, 6.07) is 66.2. The van der Waals surface area contributed by atoms with Gasteiger partial charge in [0.1, 0.15) is 8.07 Å². The van der Waals surface area contributed by atoms with E-state index in [9.17, 15) is 0 Å². The van der Waals surface area contributed by atoms with Crippen LogP contribution in [0.15, 0.2) is 182 Å². The molecule has 0 amide bonds. The van der Waals surface area contributed by atoms with Crippen LogP contribution in [-0.4, -0.2) is 18.0 Å². The van der Waals surface area contributed by atoms with Gasteiger partial charge in [0, 0.05) is 22.0 Å². The largest absolute Gasteiger partial charge is 0.237 e. The Kier molecular flexibility index (Phi) is 7.04. The first-order valence-electron chi connectivity index (χ1n) is 19.1. The number of nitrogens with zero attached hydrogens (tertiary/aromatic N) is 2. The first-order chi connectivity index (χ1) is 27.0. The van der Waals surface area contributed by atoms with Gasteiger partial charge in [0.25, 0.3) is 0 Å². The van der Waals surface area contributed by atoms with Crippen LogP contribution < -0.4 is 10.5 Å². The molecule has 55 heavy (non-hydrogen) atoms. The second kappa shape index (κ2) is 12.2. The zero-order valence-electron chi connectivity index (χ0n) is 30.7. The van der Waals surface area contributed by atoms with E-state index in [1.54, 1.807) is 0 Å². The summed E-state index contributed by atoms with van der Waals surface area (Å²) in [5.74, 6) is 0.780. The summed E-state index contributed by atoms with van der Waals surface area (Å²) in [5.41, 5.74) is 10.4. The van der Waals surface area contributed by atoms with Crippen molar-refractivity contribution in [2.24, 2.45) is 0 Å². The molecule has 2 heterocycles. The molecule has 1 aromatic heterocycles. The van der Waals surface area contributed by atoms with Gasteiger partial charge in [-0.05, 0) is 94.3 Å². The van der Waals surface area contributed by atoms with Crippen LogP contribution in [0.2, 0.25) is 13.1 Å². The summed E-state index contributed by atoms with van der Waals surface area (Å²) < 4.78 is 0. The molecular weight excluding hydrogens is 681 g/mol. The van der Waals surface area contributed by atoms with Crippen LogP contribution in [-0.2, 0) is 0 Å². The van der Waals surface area contributed by atoms with Gasteiger partial charge in [-0.15, -0.1) is 0 Å². The van der Waals surface area contributed by atoms with Gasteiger partial charge in [0.2, 0.25) is 0 Å². The van der Waals surface area contributed by atoms with Crippen LogP contribution in [0, 0.1) is 0 Å². The van der Waals surface area contributed by atoms with Gasteiger partial charge in [0.05, 0.1) is 5.69 Å². The Morgan fingerprint density at radius 3 is 1.55 bits per heavy atom. The molecule has 0 bridgehead atoms. The zero-order valence-corrected chi connectivity index (χ0v) is 31.7. The Bertz CT molecular complexity index is 3150. The monoisotopic (exact) mass is 716 g/mol. The minimum absolute atomic E-state index is 0.780. The minimum Gasteiger partial charge on any atom is -0.237 e. The maximum atomic E-state index is 5.51. The number of fused-ring (bicyclic) bond motifs is 11. The normalized spacial score (nSPS) is 13.1. The van der Waals surface area contributed by atoms with Crippen molar-refractivity contribution < 1.29 is 0 Å². The van der Waals surface area contributed by atoms with Crippen molar-refractivity contribution in [1.29, 1.82) is 0 Å². The second-order valence-corrected chi connectivity index (χ2v) is 19.6. The summed E-state index contributed by atoms with van der Waals surface area (Å²) in [5, 5.41) is 13.0. The lowest BCUT2D eigenvalue weighted by molar-refractivity contribution is 1.21. The van der Waals surface area contributed by atoms with Gasteiger partial charge >= 0.3 is 0 Å². The predicted molar refractivity (Wildman–Crippen MR) is 236 cm³/mol. The van der Waals surface area contributed by atoms with Crippen molar-refractivity contribution in [1.82, 2.24) is 9.97 Å². The Morgan fingerprint density at radius 1 is 0.364 bits per heavy atom. The molecule has 0 spiro atoms. The molecular formula is C52H36N2Si. The topological polar surface area (TPSA) is 25.8 Å². The summed E-state index contributed by atoms with van der Waals surface area (Å²) in [4.78, 5) is 10.9. The number of hydrogen-bond acceptors (Lipinski definition) is 2. The quantitative estimate of drug-likeness (QED) is 0.134. The van der Waals surface area contributed by atoms with Gasteiger partial charge in [0.15, 0.2) is 5.82 Å². The Labute approximate surface area is 321 Å². The Morgan fingerprint density at radius 2 is 0.873 bits per heavy atom. The summed E-state index contributed by atoms with van der Waals surface area (Å²) in [6.07, 6.45) is 0. The highest BCUT2D eigenvalue weighted by molar-refractivity contribution is 7.04. The van der Waals surface area contributed by atoms with Gasteiger partial charge < -0.3 is 0 Å². The smallest absolute Gasteiger partial charge is 0.159 e. The van der Waals surface area contributed by atoms with Gasteiger partial charge in [-0.25, -0.2) is 9.97 Å². The molecule has 1 aliphatic rings. The number of benzene rings is 9. The molecule has 258 valence electrons.